The maximum absolute atomic E-state index is 13.0. The summed E-state index contributed by atoms with van der Waals surface area (Å²) in [6, 6.07) is 2.07. The van der Waals surface area contributed by atoms with Crippen LogP contribution in [0, 0.1) is 5.82 Å². The lowest BCUT2D eigenvalue weighted by molar-refractivity contribution is -0.121. The van der Waals surface area contributed by atoms with Crippen LogP contribution in [0.2, 0.25) is 10.0 Å². The number of hydrogen-bond donors (Lipinski definition) is 2. The van der Waals surface area contributed by atoms with Gasteiger partial charge in [0.05, 0.1) is 15.7 Å². The molecular formula is C11H8Cl2FN3O2. The van der Waals surface area contributed by atoms with Crippen LogP contribution in [0.4, 0.5) is 10.1 Å². The maximum Gasteiger partial charge on any atom is 0.271 e. The molecule has 0 unspecified atom stereocenters. The molecule has 19 heavy (non-hydrogen) atoms. The third kappa shape index (κ3) is 3.21. The second-order valence-corrected chi connectivity index (χ2v) is 4.61. The number of anilines is 1. The molecule has 0 saturated carbocycles. The number of hydrazone groups is 1. The van der Waals surface area contributed by atoms with Gasteiger partial charge in [0.2, 0.25) is 5.91 Å². The van der Waals surface area contributed by atoms with Gasteiger partial charge in [0, 0.05) is 12.8 Å². The van der Waals surface area contributed by atoms with E-state index in [0.29, 0.717) is 0 Å². The van der Waals surface area contributed by atoms with Gasteiger partial charge < -0.3 is 5.32 Å². The molecule has 1 aliphatic rings. The Balaban J connectivity index is 2.18. The van der Waals surface area contributed by atoms with E-state index < -0.39 is 11.7 Å². The normalized spacial score (nSPS) is 14.7. The third-order valence-electron chi connectivity index (χ3n) is 2.41. The van der Waals surface area contributed by atoms with Crippen molar-refractivity contribution in [1.82, 2.24) is 5.43 Å². The van der Waals surface area contributed by atoms with Crippen LogP contribution in [0.1, 0.15) is 12.8 Å². The number of nitrogens with zero attached hydrogens (tertiary/aromatic N) is 1. The van der Waals surface area contributed by atoms with Gasteiger partial charge in [0.1, 0.15) is 11.5 Å². The van der Waals surface area contributed by atoms with Gasteiger partial charge in [0.15, 0.2) is 0 Å². The zero-order chi connectivity index (χ0) is 14.0. The molecule has 1 aliphatic heterocycles. The Bertz CT molecular complexity index is 566. The molecule has 1 aromatic rings. The second kappa shape index (κ2) is 5.54. The van der Waals surface area contributed by atoms with Crippen LogP contribution in [-0.4, -0.2) is 17.5 Å². The Labute approximate surface area is 117 Å². The van der Waals surface area contributed by atoms with Crippen molar-refractivity contribution in [1.29, 1.82) is 0 Å². The van der Waals surface area contributed by atoms with Gasteiger partial charge in [-0.25, -0.2) is 9.82 Å². The average Bonchev–Trinajstić information content (AvgIpc) is 2.34. The van der Waals surface area contributed by atoms with Crippen LogP contribution >= 0.6 is 23.2 Å². The largest absolute Gasteiger partial charge is 0.318 e. The zero-order valence-corrected chi connectivity index (χ0v) is 11.0. The predicted octanol–water partition coefficient (Wildman–Crippen LogP) is 2.34. The molecule has 2 N–H and O–H groups in total. The number of rotatable bonds is 2. The van der Waals surface area contributed by atoms with Crippen molar-refractivity contribution in [3.05, 3.63) is 28.0 Å². The van der Waals surface area contributed by atoms with Crippen LogP contribution in [0.5, 0.6) is 0 Å². The Hall–Kier alpha value is -1.66. The molecule has 0 radical (unpaired) electrons. The number of nitrogens with one attached hydrogen (secondary N) is 2. The van der Waals surface area contributed by atoms with E-state index in [1.54, 1.807) is 0 Å². The lowest BCUT2D eigenvalue weighted by Gasteiger charge is -2.13. The van der Waals surface area contributed by atoms with Crippen LogP contribution in [0.25, 0.3) is 0 Å². The highest BCUT2D eigenvalue weighted by molar-refractivity contribution is 6.46. The quantitative estimate of drug-likeness (QED) is 0.880. The summed E-state index contributed by atoms with van der Waals surface area (Å²) in [7, 11) is 0. The summed E-state index contributed by atoms with van der Waals surface area (Å²) in [5.41, 5.74) is 2.45. The van der Waals surface area contributed by atoms with Crippen LogP contribution in [0.3, 0.4) is 0 Å². The Morgan fingerprint density at radius 2 is 1.95 bits per heavy atom. The summed E-state index contributed by atoms with van der Waals surface area (Å²) >= 11 is 11.6. The molecule has 1 heterocycles. The predicted molar refractivity (Wildman–Crippen MR) is 69.9 cm³/mol. The fourth-order valence-electron chi connectivity index (χ4n) is 1.49. The van der Waals surface area contributed by atoms with Crippen molar-refractivity contribution < 1.29 is 14.0 Å². The first kappa shape index (κ1) is 13.8. The highest BCUT2D eigenvalue weighted by Gasteiger charge is 2.20. The number of halogens is 3. The minimum atomic E-state index is -0.602. The van der Waals surface area contributed by atoms with E-state index in [0.717, 1.165) is 12.1 Å². The standard InChI is InChI=1S/C11H8Cl2FN3O2/c12-6-3-5(14)4-7(13)10(6)15-11(19)8-1-2-9(18)17-16-8/h3-4H,1-2H2,(H,15,19)(H,17,18). The molecule has 1 aromatic carbocycles. The van der Waals surface area contributed by atoms with Gasteiger partial charge in [0.25, 0.3) is 5.91 Å². The summed E-state index contributed by atoms with van der Waals surface area (Å²) in [4.78, 5) is 22.8. The van der Waals surface area contributed by atoms with Gasteiger partial charge in [-0.3, -0.25) is 9.59 Å². The highest BCUT2D eigenvalue weighted by atomic mass is 35.5. The van der Waals surface area contributed by atoms with Crippen molar-refractivity contribution in [2.45, 2.75) is 12.8 Å². The Morgan fingerprint density at radius 1 is 1.32 bits per heavy atom. The Kier molecular flexibility index (Phi) is 4.01. The summed E-state index contributed by atoms with van der Waals surface area (Å²) < 4.78 is 13.0. The van der Waals surface area contributed by atoms with Gasteiger partial charge in [-0.2, -0.15) is 5.10 Å². The van der Waals surface area contributed by atoms with Gasteiger partial charge >= 0.3 is 0 Å². The lowest BCUT2D eigenvalue weighted by Crippen LogP contribution is -2.32. The first-order valence-electron chi connectivity index (χ1n) is 5.28. The molecule has 8 heteroatoms. The Morgan fingerprint density at radius 3 is 2.47 bits per heavy atom. The molecule has 0 bridgehead atoms. The number of carbonyl (C=O) groups excluding carboxylic acids is 2. The molecule has 0 atom stereocenters. The SMILES string of the molecule is O=C1CCC(C(=O)Nc2c(Cl)cc(F)cc2Cl)=NN1. The summed E-state index contributed by atoms with van der Waals surface area (Å²) in [6.45, 7) is 0. The van der Waals surface area contributed by atoms with Crippen LogP contribution in [-0.2, 0) is 9.59 Å². The van der Waals surface area contributed by atoms with Crippen molar-refractivity contribution in [3.63, 3.8) is 0 Å². The number of hydrogen-bond acceptors (Lipinski definition) is 3. The van der Waals surface area contributed by atoms with Crippen molar-refractivity contribution in [3.8, 4) is 0 Å². The molecule has 0 saturated heterocycles. The molecular weight excluding hydrogens is 296 g/mol. The van der Waals surface area contributed by atoms with E-state index in [1.807, 2.05) is 0 Å². The molecule has 5 nitrogen and oxygen atoms in total. The van der Waals surface area contributed by atoms with Crippen LogP contribution < -0.4 is 10.7 Å². The van der Waals surface area contributed by atoms with Gasteiger partial charge in [-0.1, -0.05) is 23.2 Å². The molecule has 100 valence electrons. The third-order valence-corrected chi connectivity index (χ3v) is 3.01. The fourth-order valence-corrected chi connectivity index (χ4v) is 2.04. The summed E-state index contributed by atoms with van der Waals surface area (Å²) in [5.74, 6) is -1.40. The smallest absolute Gasteiger partial charge is 0.271 e. The molecule has 0 aliphatic carbocycles. The minimum absolute atomic E-state index is 0.0150. The van der Waals surface area contributed by atoms with Gasteiger partial charge in [-0.15, -0.1) is 0 Å². The summed E-state index contributed by atoms with van der Waals surface area (Å²) in [5, 5.41) is 6.04. The van der Waals surface area contributed by atoms with E-state index in [1.165, 1.54) is 0 Å². The van der Waals surface area contributed by atoms with E-state index in [2.05, 4.69) is 15.8 Å². The van der Waals surface area contributed by atoms with Gasteiger partial charge in [-0.05, 0) is 12.1 Å². The van der Waals surface area contributed by atoms with Crippen LogP contribution in [0.15, 0.2) is 17.2 Å². The first-order chi connectivity index (χ1) is 8.97. The fraction of sp³-hybridized carbons (Fsp3) is 0.182. The molecule has 0 aromatic heterocycles. The molecule has 2 rings (SSSR count). The monoisotopic (exact) mass is 303 g/mol. The second-order valence-electron chi connectivity index (χ2n) is 3.79. The number of amides is 2. The summed E-state index contributed by atoms with van der Waals surface area (Å²) in [6.07, 6.45) is 0.394. The zero-order valence-electron chi connectivity index (χ0n) is 9.47. The number of carbonyl (C=O) groups is 2. The van der Waals surface area contributed by atoms with Crippen molar-refractivity contribution in [2.24, 2.45) is 5.10 Å². The minimum Gasteiger partial charge on any atom is -0.318 e. The highest BCUT2D eigenvalue weighted by Crippen LogP contribution is 2.31. The lowest BCUT2D eigenvalue weighted by atomic mass is 10.1. The van der Waals surface area contributed by atoms with Crippen molar-refractivity contribution in [2.75, 3.05) is 5.32 Å². The molecule has 0 fully saturated rings. The molecule has 0 spiro atoms. The molecule has 2 amide bonds. The topological polar surface area (TPSA) is 70.6 Å². The van der Waals surface area contributed by atoms with E-state index in [4.69, 9.17) is 23.2 Å². The van der Waals surface area contributed by atoms with E-state index in [-0.39, 0.29) is 40.2 Å². The van der Waals surface area contributed by atoms with Crippen molar-refractivity contribution >= 4 is 46.4 Å². The van der Waals surface area contributed by atoms with E-state index >= 15 is 0 Å². The van der Waals surface area contributed by atoms with E-state index in [9.17, 15) is 14.0 Å². The average molecular weight is 304 g/mol. The first-order valence-corrected chi connectivity index (χ1v) is 6.04. The number of benzene rings is 1. The maximum atomic E-state index is 13.0.